The Morgan fingerprint density at radius 3 is 2.71 bits per heavy atom. The first-order chi connectivity index (χ1) is 11.7. The third kappa shape index (κ3) is 8.54. The molecule has 0 spiro atoms. The van der Waals surface area contributed by atoms with E-state index in [1.807, 2.05) is 6.07 Å². The molecular weight excluding hydrogens is 320 g/mol. The van der Waals surface area contributed by atoms with Crippen molar-refractivity contribution < 1.29 is 9.59 Å². The number of benzene rings is 1. The Bertz CT molecular complexity index is 606. The summed E-state index contributed by atoms with van der Waals surface area (Å²) in [5.41, 5.74) is 0.901. The lowest BCUT2D eigenvalue weighted by atomic mass is 10.1. The lowest BCUT2D eigenvalue weighted by Gasteiger charge is -2.02. The molecule has 0 aromatic heterocycles. The van der Waals surface area contributed by atoms with Gasteiger partial charge in [-0.1, -0.05) is 62.9 Å². The summed E-state index contributed by atoms with van der Waals surface area (Å²) in [6.45, 7) is 2.85. The van der Waals surface area contributed by atoms with Crippen molar-refractivity contribution in [2.75, 3.05) is 6.54 Å². The molecule has 4 nitrogen and oxygen atoms in total. The normalized spacial score (nSPS) is 10.5. The van der Waals surface area contributed by atoms with Gasteiger partial charge in [0.05, 0.1) is 11.6 Å². The quantitative estimate of drug-likeness (QED) is 0.504. The second kappa shape index (κ2) is 12.4. The van der Waals surface area contributed by atoms with Gasteiger partial charge in [0.25, 0.3) is 0 Å². The Balaban J connectivity index is 2.22. The van der Waals surface area contributed by atoms with Gasteiger partial charge in [-0.25, -0.2) is 0 Å². The first kappa shape index (κ1) is 20.0. The number of nitriles is 1. The summed E-state index contributed by atoms with van der Waals surface area (Å²) in [7, 11) is 0. The van der Waals surface area contributed by atoms with Crippen LogP contribution in [-0.4, -0.2) is 17.6 Å². The van der Waals surface area contributed by atoms with E-state index in [2.05, 4.69) is 12.2 Å². The Kier molecular flexibility index (Phi) is 10.3. The van der Waals surface area contributed by atoms with Gasteiger partial charge < -0.3 is 5.32 Å². The van der Waals surface area contributed by atoms with E-state index in [9.17, 15) is 9.59 Å². The highest BCUT2D eigenvalue weighted by Crippen LogP contribution is 2.14. The fourth-order valence-electron chi connectivity index (χ4n) is 2.12. The van der Waals surface area contributed by atoms with Gasteiger partial charge >= 0.3 is 0 Å². The van der Waals surface area contributed by atoms with Gasteiger partial charge in [-0.05, 0) is 24.0 Å². The van der Waals surface area contributed by atoms with Gasteiger partial charge in [-0.3, -0.25) is 9.59 Å². The summed E-state index contributed by atoms with van der Waals surface area (Å²) in [6, 6.07) is 8.51. The number of amides is 1. The molecule has 0 fully saturated rings. The van der Waals surface area contributed by atoms with Crippen LogP contribution in [0, 0.1) is 11.3 Å². The largest absolute Gasteiger partial charge is 0.353 e. The van der Waals surface area contributed by atoms with E-state index >= 15 is 0 Å². The molecule has 1 aromatic carbocycles. The van der Waals surface area contributed by atoms with E-state index in [1.165, 1.54) is 37.2 Å². The molecule has 24 heavy (non-hydrogen) atoms. The van der Waals surface area contributed by atoms with Crippen molar-refractivity contribution in [2.45, 2.75) is 45.4 Å². The summed E-state index contributed by atoms with van der Waals surface area (Å²) in [5.74, 6) is -0.186. The molecule has 128 valence electrons. The lowest BCUT2D eigenvalue weighted by molar-refractivity contribution is -0.116. The number of hydrogen-bond donors (Lipinski definition) is 1. The maximum atomic E-state index is 12.0. The van der Waals surface area contributed by atoms with Crippen LogP contribution < -0.4 is 5.32 Å². The molecule has 0 saturated carbocycles. The molecule has 0 aliphatic heterocycles. The molecule has 0 saturated heterocycles. The lowest BCUT2D eigenvalue weighted by Crippen LogP contribution is -2.21. The van der Waals surface area contributed by atoms with Crippen molar-refractivity contribution in [2.24, 2.45) is 0 Å². The number of nitrogens with one attached hydrogen (secondary N) is 1. The molecule has 0 heterocycles. The van der Waals surface area contributed by atoms with E-state index < -0.39 is 0 Å². The molecule has 1 aromatic rings. The highest BCUT2D eigenvalue weighted by atomic mass is 32.2. The van der Waals surface area contributed by atoms with Crippen LogP contribution in [0.3, 0.4) is 0 Å². The first-order valence-electron chi connectivity index (χ1n) is 8.33. The number of rotatable bonds is 10. The van der Waals surface area contributed by atoms with Gasteiger partial charge in [0.1, 0.15) is 0 Å². The Labute approximate surface area is 148 Å². The molecule has 1 rings (SSSR count). The summed E-state index contributed by atoms with van der Waals surface area (Å²) < 4.78 is 0. The maximum Gasteiger partial charge on any atom is 0.244 e. The zero-order valence-electron chi connectivity index (χ0n) is 14.1. The molecule has 1 amide bonds. The molecule has 0 unspecified atom stereocenters. The van der Waals surface area contributed by atoms with E-state index in [4.69, 9.17) is 5.26 Å². The zero-order valence-corrected chi connectivity index (χ0v) is 14.9. The Hall–Kier alpha value is -2.06. The smallest absolute Gasteiger partial charge is 0.244 e. The minimum atomic E-state index is -0.188. The highest BCUT2D eigenvalue weighted by molar-refractivity contribution is 8.16. The Morgan fingerprint density at radius 2 is 1.96 bits per heavy atom. The fraction of sp³-hybridized carbons (Fsp3) is 0.421. The van der Waals surface area contributed by atoms with Gasteiger partial charge in [0.2, 0.25) is 11.0 Å². The number of unbranched alkanes of at least 4 members (excludes halogenated alkanes) is 5. The van der Waals surface area contributed by atoms with Crippen LogP contribution in [0.4, 0.5) is 0 Å². The number of nitrogens with zero attached hydrogens (tertiary/aromatic N) is 1. The molecule has 0 bridgehead atoms. The second-order valence-electron chi connectivity index (χ2n) is 5.46. The molecule has 5 heteroatoms. The van der Waals surface area contributed by atoms with E-state index in [0.717, 1.165) is 24.6 Å². The molecule has 0 aliphatic rings. The van der Waals surface area contributed by atoms with E-state index in [-0.39, 0.29) is 11.0 Å². The van der Waals surface area contributed by atoms with Crippen molar-refractivity contribution in [1.29, 1.82) is 5.26 Å². The number of thioether (sulfide) groups is 1. The van der Waals surface area contributed by atoms with Crippen LogP contribution in [-0.2, 0) is 4.79 Å². The van der Waals surface area contributed by atoms with Crippen molar-refractivity contribution in [1.82, 2.24) is 5.32 Å². The van der Waals surface area contributed by atoms with Crippen LogP contribution in [0.25, 0.3) is 0 Å². The summed E-state index contributed by atoms with van der Waals surface area (Å²) in [5, 5.41) is 12.9. The SMILES string of the molecule is CCCCCCCCNC(=O)/C=C\SC(=O)c1cccc(C#N)c1. The standard InChI is InChI=1S/C19H24N2O2S/c1-2-3-4-5-6-7-12-21-18(22)11-13-24-19(23)17-10-8-9-16(14-17)15-20/h8-11,13-14H,2-7,12H2,1H3,(H,21,22)/b13-11-. The maximum absolute atomic E-state index is 12.0. The number of carbonyl (C=O) groups is 2. The molecule has 0 radical (unpaired) electrons. The summed E-state index contributed by atoms with van der Waals surface area (Å²) in [6.07, 6.45) is 8.47. The van der Waals surface area contributed by atoms with Crippen molar-refractivity contribution in [3.05, 3.63) is 46.9 Å². The predicted molar refractivity (Wildman–Crippen MR) is 98.6 cm³/mol. The van der Waals surface area contributed by atoms with Crippen molar-refractivity contribution >= 4 is 22.8 Å². The van der Waals surface area contributed by atoms with Gasteiger partial charge in [-0.2, -0.15) is 5.26 Å². The van der Waals surface area contributed by atoms with Gasteiger partial charge in [0.15, 0.2) is 0 Å². The van der Waals surface area contributed by atoms with Crippen LogP contribution >= 0.6 is 11.8 Å². The average Bonchev–Trinajstić information content (AvgIpc) is 2.61. The van der Waals surface area contributed by atoms with Crippen molar-refractivity contribution in [3.63, 3.8) is 0 Å². The second-order valence-corrected chi connectivity index (χ2v) is 6.34. The molecule has 1 N–H and O–H groups in total. The van der Waals surface area contributed by atoms with Crippen LogP contribution in [0.2, 0.25) is 0 Å². The highest BCUT2D eigenvalue weighted by Gasteiger charge is 2.05. The van der Waals surface area contributed by atoms with Crippen molar-refractivity contribution in [3.8, 4) is 6.07 Å². The van der Waals surface area contributed by atoms with E-state index in [0.29, 0.717) is 17.7 Å². The predicted octanol–water partition coefficient (Wildman–Crippen LogP) is 4.42. The zero-order chi connectivity index (χ0) is 17.6. The molecular formula is C19H24N2O2S. The topological polar surface area (TPSA) is 70.0 Å². The van der Waals surface area contributed by atoms with Gasteiger partial charge in [-0.15, -0.1) is 0 Å². The molecule has 0 atom stereocenters. The van der Waals surface area contributed by atoms with Gasteiger partial charge in [0, 0.05) is 18.2 Å². The minimum Gasteiger partial charge on any atom is -0.353 e. The third-order valence-electron chi connectivity index (χ3n) is 3.45. The number of hydrogen-bond acceptors (Lipinski definition) is 4. The van der Waals surface area contributed by atoms with Crippen LogP contribution in [0.15, 0.2) is 35.7 Å². The number of carbonyl (C=O) groups excluding carboxylic acids is 2. The third-order valence-corrected chi connectivity index (χ3v) is 4.17. The summed E-state index contributed by atoms with van der Waals surface area (Å²) in [4.78, 5) is 23.6. The fourth-order valence-corrected chi connectivity index (χ4v) is 2.70. The van der Waals surface area contributed by atoms with Crippen LogP contribution in [0.5, 0.6) is 0 Å². The molecule has 0 aliphatic carbocycles. The summed E-state index contributed by atoms with van der Waals surface area (Å²) >= 11 is 0.940. The van der Waals surface area contributed by atoms with Crippen LogP contribution in [0.1, 0.15) is 61.4 Å². The average molecular weight is 344 g/mol. The first-order valence-corrected chi connectivity index (χ1v) is 9.21. The Morgan fingerprint density at radius 1 is 1.21 bits per heavy atom. The van der Waals surface area contributed by atoms with E-state index in [1.54, 1.807) is 24.3 Å². The monoisotopic (exact) mass is 344 g/mol. The minimum absolute atomic E-state index is 0.186.